The Bertz CT molecular complexity index is 1410. The third-order valence-electron chi connectivity index (χ3n) is 5.61. The van der Waals surface area contributed by atoms with Crippen LogP contribution in [0.2, 0.25) is 0 Å². The standard InChI is InChI=1S/C28H25N3O3/c32-28(20-34-22-11-2-1-3-12-22)29-19-27-30-24-14-6-7-15-25(24)31(27)17-18-33-26-16-8-10-21-9-4-5-13-23(21)26/h1-16H,17-20H2,(H,29,32). The van der Waals surface area contributed by atoms with Gasteiger partial charge in [-0.15, -0.1) is 0 Å². The van der Waals surface area contributed by atoms with Crippen molar-refractivity contribution in [2.45, 2.75) is 13.1 Å². The van der Waals surface area contributed by atoms with Gasteiger partial charge >= 0.3 is 0 Å². The van der Waals surface area contributed by atoms with Crippen molar-refractivity contribution >= 4 is 27.7 Å². The van der Waals surface area contributed by atoms with E-state index < -0.39 is 0 Å². The van der Waals surface area contributed by atoms with E-state index in [4.69, 9.17) is 14.5 Å². The molecular weight excluding hydrogens is 426 g/mol. The van der Waals surface area contributed by atoms with Gasteiger partial charge in [0, 0.05) is 5.39 Å². The van der Waals surface area contributed by atoms with Crippen LogP contribution in [0.25, 0.3) is 21.8 Å². The number of aromatic nitrogens is 2. The monoisotopic (exact) mass is 451 g/mol. The fraction of sp³-hybridized carbons (Fsp3) is 0.143. The number of rotatable bonds is 9. The smallest absolute Gasteiger partial charge is 0.258 e. The summed E-state index contributed by atoms with van der Waals surface area (Å²) in [5.74, 6) is 2.09. The van der Waals surface area contributed by atoms with Crippen LogP contribution in [-0.4, -0.2) is 28.7 Å². The zero-order valence-corrected chi connectivity index (χ0v) is 18.7. The summed E-state index contributed by atoms with van der Waals surface area (Å²) < 4.78 is 13.8. The summed E-state index contributed by atoms with van der Waals surface area (Å²) in [6, 6.07) is 31.5. The molecule has 34 heavy (non-hydrogen) atoms. The summed E-state index contributed by atoms with van der Waals surface area (Å²) in [6.45, 7) is 1.34. The van der Waals surface area contributed by atoms with Crippen LogP contribution in [0.4, 0.5) is 0 Å². The van der Waals surface area contributed by atoms with Crippen LogP contribution in [0.5, 0.6) is 11.5 Å². The molecule has 1 aromatic heterocycles. The Kier molecular flexibility index (Phi) is 6.38. The maximum absolute atomic E-state index is 12.3. The minimum absolute atomic E-state index is 0.0472. The van der Waals surface area contributed by atoms with E-state index in [0.717, 1.165) is 33.4 Å². The Hall–Kier alpha value is -4.32. The van der Waals surface area contributed by atoms with Gasteiger partial charge in [0.15, 0.2) is 6.61 Å². The number of carbonyl (C=O) groups is 1. The fourth-order valence-corrected chi connectivity index (χ4v) is 3.97. The highest BCUT2D eigenvalue weighted by Crippen LogP contribution is 2.25. The van der Waals surface area contributed by atoms with Crippen LogP contribution >= 0.6 is 0 Å². The van der Waals surface area contributed by atoms with Gasteiger partial charge in [-0.2, -0.15) is 0 Å². The number of fused-ring (bicyclic) bond motifs is 2. The van der Waals surface area contributed by atoms with Crippen molar-refractivity contribution in [1.82, 2.24) is 14.9 Å². The number of nitrogens with one attached hydrogen (secondary N) is 1. The van der Waals surface area contributed by atoms with Crippen LogP contribution in [0.3, 0.4) is 0 Å². The highest BCUT2D eigenvalue weighted by atomic mass is 16.5. The number of benzene rings is 4. The Morgan fingerprint density at radius 1 is 0.824 bits per heavy atom. The third-order valence-corrected chi connectivity index (χ3v) is 5.61. The molecule has 6 nitrogen and oxygen atoms in total. The van der Waals surface area contributed by atoms with Crippen LogP contribution in [0, 0.1) is 0 Å². The van der Waals surface area contributed by atoms with E-state index in [-0.39, 0.29) is 12.5 Å². The fourth-order valence-electron chi connectivity index (χ4n) is 3.97. The molecule has 0 bridgehead atoms. The minimum Gasteiger partial charge on any atom is -0.491 e. The second kappa shape index (κ2) is 10.1. The molecule has 0 aliphatic rings. The number of para-hydroxylation sites is 3. The number of hydrogen-bond acceptors (Lipinski definition) is 4. The van der Waals surface area contributed by atoms with Crippen molar-refractivity contribution in [2.75, 3.05) is 13.2 Å². The summed E-state index contributed by atoms with van der Waals surface area (Å²) in [4.78, 5) is 17.1. The first-order valence-electron chi connectivity index (χ1n) is 11.3. The van der Waals surface area contributed by atoms with Crippen molar-refractivity contribution in [3.63, 3.8) is 0 Å². The molecule has 1 N–H and O–H groups in total. The first-order chi connectivity index (χ1) is 16.8. The van der Waals surface area contributed by atoms with Gasteiger partial charge in [0.05, 0.1) is 24.1 Å². The lowest BCUT2D eigenvalue weighted by Gasteiger charge is -2.13. The largest absolute Gasteiger partial charge is 0.491 e. The molecule has 0 aliphatic heterocycles. The first-order valence-corrected chi connectivity index (χ1v) is 11.3. The average Bonchev–Trinajstić information content (AvgIpc) is 3.24. The number of nitrogens with zero attached hydrogens (tertiary/aromatic N) is 2. The molecular formula is C28H25N3O3. The molecule has 0 fully saturated rings. The third kappa shape index (κ3) is 4.86. The Balaban J connectivity index is 1.26. The van der Waals surface area contributed by atoms with Gasteiger partial charge in [-0.05, 0) is 35.7 Å². The van der Waals surface area contributed by atoms with Gasteiger partial charge in [0.2, 0.25) is 0 Å². The normalized spacial score (nSPS) is 10.9. The van der Waals surface area contributed by atoms with E-state index >= 15 is 0 Å². The lowest BCUT2D eigenvalue weighted by atomic mass is 10.1. The van der Waals surface area contributed by atoms with Crippen molar-refractivity contribution in [1.29, 1.82) is 0 Å². The van der Waals surface area contributed by atoms with Crippen LogP contribution < -0.4 is 14.8 Å². The molecule has 1 amide bonds. The molecule has 0 aliphatic carbocycles. The molecule has 4 aromatic carbocycles. The first kappa shape index (κ1) is 21.5. The summed E-state index contributed by atoms with van der Waals surface area (Å²) in [7, 11) is 0. The number of amides is 1. The van der Waals surface area contributed by atoms with E-state index in [1.54, 1.807) is 0 Å². The number of hydrogen-bond donors (Lipinski definition) is 1. The van der Waals surface area contributed by atoms with E-state index in [2.05, 4.69) is 28.1 Å². The highest BCUT2D eigenvalue weighted by molar-refractivity contribution is 5.88. The molecule has 0 saturated heterocycles. The molecule has 0 atom stereocenters. The molecule has 170 valence electrons. The van der Waals surface area contributed by atoms with Crippen LogP contribution in [0.1, 0.15) is 5.82 Å². The maximum Gasteiger partial charge on any atom is 0.258 e. The molecule has 5 aromatic rings. The van der Waals surface area contributed by atoms with Gasteiger partial charge in [0.1, 0.15) is 23.9 Å². The second-order valence-corrected chi connectivity index (χ2v) is 7.87. The lowest BCUT2D eigenvalue weighted by Crippen LogP contribution is -2.29. The van der Waals surface area contributed by atoms with Crippen molar-refractivity contribution in [2.24, 2.45) is 0 Å². The SMILES string of the molecule is O=C(COc1ccccc1)NCc1nc2ccccc2n1CCOc1cccc2ccccc12. The molecule has 0 spiro atoms. The van der Waals surface area contributed by atoms with Crippen molar-refractivity contribution in [3.05, 3.63) is 103 Å². The van der Waals surface area contributed by atoms with Crippen molar-refractivity contribution in [3.8, 4) is 11.5 Å². The van der Waals surface area contributed by atoms with Crippen molar-refractivity contribution < 1.29 is 14.3 Å². The predicted molar refractivity (Wildman–Crippen MR) is 133 cm³/mol. The van der Waals surface area contributed by atoms with E-state index in [1.165, 1.54) is 0 Å². The van der Waals surface area contributed by atoms with E-state index in [9.17, 15) is 4.79 Å². The predicted octanol–water partition coefficient (Wildman–Crippen LogP) is 4.96. The second-order valence-electron chi connectivity index (χ2n) is 7.87. The summed E-state index contributed by atoms with van der Waals surface area (Å²) in [5.41, 5.74) is 1.89. The quantitative estimate of drug-likeness (QED) is 0.344. The molecule has 0 radical (unpaired) electrons. The van der Waals surface area contributed by atoms with Gasteiger partial charge in [0.25, 0.3) is 5.91 Å². The van der Waals surface area contributed by atoms with Crippen LogP contribution in [0.15, 0.2) is 97.1 Å². The van der Waals surface area contributed by atoms with Gasteiger partial charge in [-0.25, -0.2) is 4.98 Å². The number of ether oxygens (including phenoxy) is 2. The molecule has 0 unspecified atom stereocenters. The zero-order chi connectivity index (χ0) is 23.2. The summed E-state index contributed by atoms with van der Waals surface area (Å²) in [6.07, 6.45) is 0. The summed E-state index contributed by atoms with van der Waals surface area (Å²) >= 11 is 0. The number of imidazole rings is 1. The van der Waals surface area contributed by atoms with E-state index in [0.29, 0.717) is 25.4 Å². The van der Waals surface area contributed by atoms with Crippen LogP contribution in [-0.2, 0) is 17.9 Å². The number of carbonyl (C=O) groups excluding carboxylic acids is 1. The lowest BCUT2D eigenvalue weighted by molar-refractivity contribution is -0.123. The topological polar surface area (TPSA) is 65.4 Å². The average molecular weight is 452 g/mol. The molecule has 1 heterocycles. The Morgan fingerprint density at radius 3 is 2.50 bits per heavy atom. The molecule has 0 saturated carbocycles. The molecule has 6 heteroatoms. The van der Waals surface area contributed by atoms with Gasteiger partial charge in [-0.3, -0.25) is 4.79 Å². The van der Waals surface area contributed by atoms with Gasteiger partial charge < -0.3 is 19.4 Å². The highest BCUT2D eigenvalue weighted by Gasteiger charge is 2.12. The van der Waals surface area contributed by atoms with E-state index in [1.807, 2.05) is 78.9 Å². The zero-order valence-electron chi connectivity index (χ0n) is 18.7. The summed E-state index contributed by atoms with van der Waals surface area (Å²) in [5, 5.41) is 5.15. The minimum atomic E-state index is -0.200. The van der Waals surface area contributed by atoms with Gasteiger partial charge in [-0.1, -0.05) is 66.7 Å². The molecule has 5 rings (SSSR count). The maximum atomic E-state index is 12.3. The Morgan fingerprint density at radius 2 is 1.59 bits per heavy atom. The Labute approximate surface area is 197 Å².